The second-order valence-corrected chi connectivity index (χ2v) is 7.39. The summed E-state index contributed by atoms with van der Waals surface area (Å²) in [6.45, 7) is 6.09. The molecule has 0 atom stereocenters. The van der Waals surface area contributed by atoms with Crippen LogP contribution in [0.15, 0.2) is 29.2 Å². The second kappa shape index (κ2) is 7.04. The predicted octanol–water partition coefficient (Wildman–Crippen LogP) is 4.35. The van der Waals surface area contributed by atoms with Crippen LogP contribution in [-0.4, -0.2) is 16.0 Å². The largest absolute Gasteiger partial charge is 0.506 e. The molecule has 0 spiro atoms. The van der Waals surface area contributed by atoms with Crippen LogP contribution in [-0.2, 0) is 10.2 Å². The first-order chi connectivity index (χ1) is 11.2. The van der Waals surface area contributed by atoms with Crippen LogP contribution in [0.2, 0.25) is 5.02 Å². The van der Waals surface area contributed by atoms with E-state index in [1.165, 1.54) is 29.5 Å². The third-order valence-electron chi connectivity index (χ3n) is 3.14. The molecule has 1 aromatic carbocycles. The summed E-state index contributed by atoms with van der Waals surface area (Å²) in [5, 5.41) is 23.7. The van der Waals surface area contributed by atoms with E-state index < -0.39 is 5.91 Å². The number of amides is 1. The quantitative estimate of drug-likeness (QED) is 0.628. The van der Waals surface area contributed by atoms with E-state index in [1.54, 1.807) is 6.07 Å². The Hall–Kier alpha value is -2.36. The molecule has 1 aromatic heterocycles. The average Bonchev–Trinajstić information content (AvgIpc) is 2.97. The van der Waals surface area contributed by atoms with Gasteiger partial charge in [0.1, 0.15) is 17.4 Å². The minimum Gasteiger partial charge on any atom is -0.506 e. The standard InChI is InChI=1S/C17H16ClN3O2S/c1-17(2,3)14-9-24-16(20-14)21-15(23)11(8-19)6-10-4-5-13(22)12(18)7-10/h4-7,9,22H,1-3H3,(H,20,21,23). The predicted molar refractivity (Wildman–Crippen MR) is 96.2 cm³/mol. The molecule has 0 unspecified atom stereocenters. The van der Waals surface area contributed by atoms with E-state index in [-0.39, 0.29) is 21.8 Å². The molecule has 2 N–H and O–H groups in total. The van der Waals surface area contributed by atoms with E-state index >= 15 is 0 Å². The second-order valence-electron chi connectivity index (χ2n) is 6.12. The van der Waals surface area contributed by atoms with Gasteiger partial charge >= 0.3 is 0 Å². The summed E-state index contributed by atoms with van der Waals surface area (Å²) in [6.07, 6.45) is 1.40. The van der Waals surface area contributed by atoms with Crippen LogP contribution in [0.4, 0.5) is 5.13 Å². The van der Waals surface area contributed by atoms with Crippen molar-refractivity contribution in [3.8, 4) is 11.8 Å². The van der Waals surface area contributed by atoms with Crippen LogP contribution in [0.5, 0.6) is 5.75 Å². The number of nitrogens with one attached hydrogen (secondary N) is 1. The lowest BCUT2D eigenvalue weighted by Gasteiger charge is -2.14. The Morgan fingerprint density at radius 3 is 2.71 bits per heavy atom. The van der Waals surface area contributed by atoms with Gasteiger partial charge in [0, 0.05) is 10.8 Å². The first kappa shape index (κ1) is 18.0. The molecule has 0 radical (unpaired) electrons. The van der Waals surface area contributed by atoms with E-state index in [0.717, 1.165) is 5.69 Å². The summed E-state index contributed by atoms with van der Waals surface area (Å²) < 4.78 is 0. The lowest BCUT2D eigenvalue weighted by Crippen LogP contribution is -2.15. The van der Waals surface area contributed by atoms with Gasteiger partial charge in [0.25, 0.3) is 5.91 Å². The Morgan fingerprint density at radius 1 is 1.46 bits per heavy atom. The van der Waals surface area contributed by atoms with Crippen LogP contribution in [0.1, 0.15) is 32.0 Å². The topological polar surface area (TPSA) is 86.0 Å². The lowest BCUT2D eigenvalue weighted by atomic mass is 9.93. The van der Waals surface area contributed by atoms with Gasteiger partial charge in [-0.3, -0.25) is 10.1 Å². The molecule has 24 heavy (non-hydrogen) atoms. The minimum absolute atomic E-state index is 0.0609. The molecule has 0 aliphatic carbocycles. The summed E-state index contributed by atoms with van der Waals surface area (Å²) in [4.78, 5) is 16.6. The molecule has 0 aliphatic rings. The monoisotopic (exact) mass is 361 g/mol. The molecule has 1 amide bonds. The Balaban J connectivity index is 2.20. The van der Waals surface area contributed by atoms with Crippen molar-refractivity contribution in [2.75, 3.05) is 5.32 Å². The highest BCUT2D eigenvalue weighted by Crippen LogP contribution is 2.27. The van der Waals surface area contributed by atoms with Crippen LogP contribution in [0.3, 0.4) is 0 Å². The number of hydrogen-bond donors (Lipinski definition) is 2. The van der Waals surface area contributed by atoms with Gasteiger partial charge in [-0.2, -0.15) is 5.26 Å². The first-order valence-corrected chi connectivity index (χ1v) is 8.34. The van der Waals surface area contributed by atoms with Gasteiger partial charge in [-0.25, -0.2) is 4.98 Å². The number of rotatable bonds is 3. The normalized spacial score (nSPS) is 11.9. The fraction of sp³-hybridized carbons (Fsp3) is 0.235. The third kappa shape index (κ3) is 4.34. The highest BCUT2D eigenvalue weighted by atomic mass is 35.5. The number of anilines is 1. The molecule has 2 aromatic rings. The molecule has 0 aliphatic heterocycles. The van der Waals surface area contributed by atoms with Gasteiger partial charge in [-0.1, -0.05) is 38.4 Å². The number of aromatic hydroxyl groups is 1. The van der Waals surface area contributed by atoms with Gasteiger partial charge in [-0.15, -0.1) is 11.3 Å². The molecule has 0 saturated carbocycles. The first-order valence-electron chi connectivity index (χ1n) is 7.08. The number of carbonyl (C=O) groups excluding carboxylic acids is 1. The lowest BCUT2D eigenvalue weighted by molar-refractivity contribution is -0.112. The van der Waals surface area contributed by atoms with E-state index in [4.69, 9.17) is 11.6 Å². The number of phenols is 1. The maximum Gasteiger partial charge on any atom is 0.268 e. The van der Waals surface area contributed by atoms with E-state index in [9.17, 15) is 15.2 Å². The molecule has 5 nitrogen and oxygen atoms in total. The van der Waals surface area contributed by atoms with Gasteiger partial charge in [0.05, 0.1) is 10.7 Å². The smallest absolute Gasteiger partial charge is 0.268 e. The molecule has 0 saturated heterocycles. The molecular formula is C17H16ClN3O2S. The van der Waals surface area contributed by atoms with E-state index in [0.29, 0.717) is 10.7 Å². The number of benzene rings is 1. The minimum atomic E-state index is -0.545. The molecule has 2 rings (SSSR count). The SMILES string of the molecule is CC(C)(C)c1csc(NC(=O)C(C#N)=Cc2ccc(O)c(Cl)c2)n1. The number of hydrogen-bond acceptors (Lipinski definition) is 5. The Labute approximate surface area is 149 Å². The highest BCUT2D eigenvalue weighted by Gasteiger charge is 2.19. The van der Waals surface area contributed by atoms with Crippen molar-refractivity contribution in [3.63, 3.8) is 0 Å². The molecule has 124 valence electrons. The third-order valence-corrected chi connectivity index (χ3v) is 4.20. The Morgan fingerprint density at radius 2 is 2.17 bits per heavy atom. The zero-order valence-electron chi connectivity index (χ0n) is 13.4. The summed E-state index contributed by atoms with van der Waals surface area (Å²) >= 11 is 7.13. The number of carbonyl (C=O) groups is 1. The Bertz CT molecular complexity index is 844. The number of halogens is 1. The van der Waals surface area contributed by atoms with Crippen molar-refractivity contribution in [1.29, 1.82) is 5.26 Å². The van der Waals surface area contributed by atoms with E-state index in [2.05, 4.69) is 10.3 Å². The highest BCUT2D eigenvalue weighted by molar-refractivity contribution is 7.14. The zero-order valence-corrected chi connectivity index (χ0v) is 15.0. The van der Waals surface area contributed by atoms with Gasteiger partial charge < -0.3 is 5.11 Å². The van der Waals surface area contributed by atoms with Crippen LogP contribution in [0.25, 0.3) is 6.08 Å². The van der Waals surface area contributed by atoms with Gasteiger partial charge in [-0.05, 0) is 23.8 Å². The fourth-order valence-electron chi connectivity index (χ4n) is 1.77. The number of nitriles is 1. The van der Waals surface area contributed by atoms with Crippen molar-refractivity contribution < 1.29 is 9.90 Å². The van der Waals surface area contributed by atoms with Gasteiger partial charge in [0.2, 0.25) is 0 Å². The number of phenolic OH excluding ortho intramolecular Hbond substituents is 1. The van der Waals surface area contributed by atoms with Crippen molar-refractivity contribution in [3.05, 3.63) is 45.4 Å². The van der Waals surface area contributed by atoms with Crippen molar-refractivity contribution in [2.45, 2.75) is 26.2 Å². The van der Waals surface area contributed by atoms with Gasteiger partial charge in [0.15, 0.2) is 5.13 Å². The number of thiazole rings is 1. The maximum atomic E-state index is 12.2. The Kier molecular flexibility index (Phi) is 5.27. The number of nitrogens with zero attached hydrogens (tertiary/aromatic N) is 2. The summed E-state index contributed by atoms with van der Waals surface area (Å²) in [5.74, 6) is -0.606. The molecule has 7 heteroatoms. The van der Waals surface area contributed by atoms with E-state index in [1.807, 2.05) is 32.2 Å². The molecule has 1 heterocycles. The number of aromatic nitrogens is 1. The average molecular weight is 362 g/mol. The zero-order chi connectivity index (χ0) is 17.9. The van der Waals surface area contributed by atoms with Crippen LogP contribution in [0, 0.1) is 11.3 Å². The molecule has 0 bridgehead atoms. The molecular weight excluding hydrogens is 346 g/mol. The van der Waals surface area contributed by atoms with Crippen molar-refractivity contribution in [2.24, 2.45) is 0 Å². The summed E-state index contributed by atoms with van der Waals surface area (Å²) in [7, 11) is 0. The summed E-state index contributed by atoms with van der Waals surface area (Å²) in [5.41, 5.74) is 1.22. The summed E-state index contributed by atoms with van der Waals surface area (Å²) in [6, 6.07) is 6.30. The van der Waals surface area contributed by atoms with Crippen molar-refractivity contribution in [1.82, 2.24) is 4.98 Å². The maximum absolute atomic E-state index is 12.2. The van der Waals surface area contributed by atoms with Crippen LogP contribution < -0.4 is 5.32 Å². The van der Waals surface area contributed by atoms with Crippen molar-refractivity contribution >= 4 is 40.1 Å². The fourth-order valence-corrected chi connectivity index (χ4v) is 2.89. The molecule has 0 fully saturated rings. The van der Waals surface area contributed by atoms with Crippen LogP contribution >= 0.6 is 22.9 Å².